The van der Waals surface area contributed by atoms with Crippen LogP contribution in [0.3, 0.4) is 0 Å². The first-order valence-corrected chi connectivity index (χ1v) is 12.1. The maximum absolute atomic E-state index is 13.4. The summed E-state index contributed by atoms with van der Waals surface area (Å²) < 4.78 is 5.45. The molecule has 0 aliphatic carbocycles. The Hall–Kier alpha value is -3.49. The van der Waals surface area contributed by atoms with E-state index in [4.69, 9.17) is 9.41 Å². The molecule has 2 N–H and O–H groups in total. The summed E-state index contributed by atoms with van der Waals surface area (Å²) in [6, 6.07) is 16.2. The largest absolute Gasteiger partial charge is 0.464 e. The Morgan fingerprint density at radius 2 is 1.91 bits per heavy atom. The van der Waals surface area contributed by atoms with E-state index in [0.29, 0.717) is 38.6 Å². The van der Waals surface area contributed by atoms with E-state index >= 15 is 0 Å². The number of rotatable bonds is 5. The first kappa shape index (κ1) is 22.0. The molecule has 35 heavy (non-hydrogen) atoms. The van der Waals surface area contributed by atoms with Gasteiger partial charge in [-0.05, 0) is 48.6 Å². The van der Waals surface area contributed by atoms with Crippen LogP contribution in [0.25, 0.3) is 22.1 Å². The quantitative estimate of drug-likeness (QED) is 0.594. The number of aliphatic hydroxyl groups excluding tert-OH is 1. The highest BCUT2D eigenvalue weighted by molar-refractivity contribution is 6.16. The lowest BCUT2D eigenvalue weighted by Crippen LogP contribution is -2.63. The second kappa shape index (κ2) is 8.32. The normalized spacial score (nSPS) is 22.1. The Labute approximate surface area is 203 Å². The van der Waals surface area contributed by atoms with E-state index in [1.54, 1.807) is 11.2 Å². The van der Waals surface area contributed by atoms with Gasteiger partial charge in [-0.1, -0.05) is 30.3 Å². The van der Waals surface area contributed by atoms with Crippen LogP contribution in [-0.4, -0.2) is 76.9 Å². The molecule has 2 fully saturated rings. The van der Waals surface area contributed by atoms with E-state index in [2.05, 4.69) is 23.5 Å². The number of likely N-dealkylation sites (tertiary alicyclic amines) is 1. The fourth-order valence-electron chi connectivity index (χ4n) is 5.30. The molecule has 8 nitrogen and oxygen atoms in total. The van der Waals surface area contributed by atoms with Crippen molar-refractivity contribution < 1.29 is 19.1 Å². The summed E-state index contributed by atoms with van der Waals surface area (Å²) in [6.07, 6.45) is 1.49. The molecule has 6 rings (SSSR count). The zero-order chi connectivity index (χ0) is 24.2. The fourth-order valence-corrected chi connectivity index (χ4v) is 5.30. The summed E-state index contributed by atoms with van der Waals surface area (Å²) in [7, 11) is 0. The Morgan fingerprint density at radius 3 is 2.63 bits per heavy atom. The van der Waals surface area contributed by atoms with Crippen molar-refractivity contribution in [3.63, 3.8) is 0 Å². The molecule has 8 heteroatoms. The predicted octanol–water partition coefficient (Wildman–Crippen LogP) is 2.26. The van der Waals surface area contributed by atoms with E-state index in [1.165, 1.54) is 6.92 Å². The average Bonchev–Trinajstić information content (AvgIpc) is 3.56. The van der Waals surface area contributed by atoms with Crippen molar-refractivity contribution >= 4 is 28.6 Å². The van der Waals surface area contributed by atoms with Gasteiger partial charge in [0.05, 0.1) is 6.26 Å². The molecule has 1 unspecified atom stereocenters. The van der Waals surface area contributed by atoms with Gasteiger partial charge in [0.2, 0.25) is 0 Å². The Balaban J connectivity index is 1.24. The zero-order valence-electron chi connectivity index (χ0n) is 19.6. The number of amidine groups is 1. The summed E-state index contributed by atoms with van der Waals surface area (Å²) in [5.41, 5.74) is 3.23. The van der Waals surface area contributed by atoms with Gasteiger partial charge in [0.15, 0.2) is 5.54 Å². The maximum Gasteiger partial charge on any atom is 0.258 e. The first-order valence-electron chi connectivity index (χ1n) is 12.1. The van der Waals surface area contributed by atoms with Crippen LogP contribution in [0.15, 0.2) is 64.2 Å². The van der Waals surface area contributed by atoms with Crippen LogP contribution in [0.5, 0.6) is 0 Å². The van der Waals surface area contributed by atoms with Crippen LogP contribution in [0.1, 0.15) is 18.9 Å². The molecule has 2 amide bonds. The van der Waals surface area contributed by atoms with E-state index < -0.39 is 11.6 Å². The summed E-state index contributed by atoms with van der Waals surface area (Å²) in [6.45, 7) is 4.25. The van der Waals surface area contributed by atoms with E-state index in [9.17, 15) is 14.7 Å². The molecule has 3 aliphatic rings. The van der Waals surface area contributed by atoms with Crippen molar-refractivity contribution in [2.45, 2.75) is 25.0 Å². The zero-order valence-corrected chi connectivity index (χ0v) is 19.6. The van der Waals surface area contributed by atoms with Crippen molar-refractivity contribution in [3.05, 3.63) is 60.4 Å². The minimum atomic E-state index is -1.00. The number of nitrogens with one attached hydrogen (secondary N) is 1. The van der Waals surface area contributed by atoms with Crippen LogP contribution < -0.4 is 5.32 Å². The lowest BCUT2D eigenvalue weighted by atomic mass is 9.92. The third-order valence-corrected chi connectivity index (χ3v) is 7.38. The number of furan rings is 1. The van der Waals surface area contributed by atoms with E-state index in [-0.39, 0.29) is 17.7 Å². The molecular weight excluding hydrogens is 444 g/mol. The molecule has 180 valence electrons. The minimum absolute atomic E-state index is 0.0287. The number of aliphatic hydroxyl groups is 1. The number of nitrogens with zero attached hydrogens (tertiary/aromatic N) is 3. The highest BCUT2D eigenvalue weighted by Gasteiger charge is 2.53. The molecule has 0 saturated carbocycles. The van der Waals surface area contributed by atoms with Crippen molar-refractivity contribution in [3.8, 4) is 11.1 Å². The van der Waals surface area contributed by atoms with Gasteiger partial charge in [0.1, 0.15) is 17.5 Å². The molecule has 3 aliphatic heterocycles. The second-order valence-corrected chi connectivity index (χ2v) is 9.85. The average molecular weight is 473 g/mol. The van der Waals surface area contributed by atoms with Gasteiger partial charge in [-0.3, -0.25) is 14.5 Å². The molecule has 2 saturated heterocycles. The number of benzene rings is 2. The molecule has 1 aromatic heterocycles. The molecule has 2 atom stereocenters. The topological polar surface area (TPSA) is 98.4 Å². The monoisotopic (exact) mass is 472 g/mol. The van der Waals surface area contributed by atoms with Crippen molar-refractivity contribution in [2.75, 3.05) is 32.7 Å². The molecular formula is C27H28N4O4. The van der Waals surface area contributed by atoms with Gasteiger partial charge in [0.25, 0.3) is 11.8 Å². The van der Waals surface area contributed by atoms with Gasteiger partial charge < -0.3 is 19.7 Å². The summed E-state index contributed by atoms with van der Waals surface area (Å²) in [5, 5.41) is 13.9. The van der Waals surface area contributed by atoms with Crippen LogP contribution in [-0.2, 0) is 9.59 Å². The number of carbonyl (C=O) groups is 2. The lowest BCUT2D eigenvalue weighted by Gasteiger charge is -2.35. The molecule has 0 bridgehead atoms. The highest BCUT2D eigenvalue weighted by atomic mass is 16.3. The van der Waals surface area contributed by atoms with Gasteiger partial charge >= 0.3 is 0 Å². The van der Waals surface area contributed by atoms with Crippen molar-refractivity contribution in [1.82, 2.24) is 15.1 Å². The maximum atomic E-state index is 13.4. The summed E-state index contributed by atoms with van der Waals surface area (Å²) >= 11 is 0. The number of fused-ring (bicyclic) bond motifs is 1. The second-order valence-electron chi connectivity index (χ2n) is 9.85. The fraction of sp³-hybridized carbons (Fsp3) is 0.370. The van der Waals surface area contributed by atoms with Gasteiger partial charge in [0, 0.05) is 43.7 Å². The Morgan fingerprint density at radius 1 is 1.17 bits per heavy atom. The third kappa shape index (κ3) is 3.73. The van der Waals surface area contributed by atoms with Crippen molar-refractivity contribution in [1.29, 1.82) is 0 Å². The SMILES string of the molecule is CC(O)C(=O)N1CC[C@@H](CN2C(=O)C3(CNC3)N=C2c2ccc(-c3ccc4occc4c3)cc2)C1. The summed E-state index contributed by atoms with van der Waals surface area (Å²) in [4.78, 5) is 34.1. The first-order chi connectivity index (χ1) is 16.9. The molecule has 1 spiro atoms. The smallest absolute Gasteiger partial charge is 0.258 e. The van der Waals surface area contributed by atoms with E-state index in [1.807, 2.05) is 35.2 Å². The van der Waals surface area contributed by atoms with Crippen LogP contribution >= 0.6 is 0 Å². The van der Waals surface area contributed by atoms with Gasteiger partial charge in [-0.25, -0.2) is 4.99 Å². The van der Waals surface area contributed by atoms with E-state index in [0.717, 1.165) is 34.1 Å². The van der Waals surface area contributed by atoms with Gasteiger partial charge in [-0.15, -0.1) is 0 Å². The molecule has 4 heterocycles. The molecule has 2 aromatic carbocycles. The molecule has 3 aromatic rings. The number of hydrogen-bond donors (Lipinski definition) is 2. The number of amides is 2. The number of aliphatic imine (C=N–C) groups is 1. The van der Waals surface area contributed by atoms with Gasteiger partial charge in [-0.2, -0.15) is 0 Å². The Kier molecular flexibility index (Phi) is 5.23. The van der Waals surface area contributed by atoms with Crippen LogP contribution in [0, 0.1) is 5.92 Å². The van der Waals surface area contributed by atoms with Crippen LogP contribution in [0.2, 0.25) is 0 Å². The molecule has 0 radical (unpaired) electrons. The number of hydrogen-bond acceptors (Lipinski definition) is 6. The number of carbonyl (C=O) groups excluding carboxylic acids is 2. The predicted molar refractivity (Wildman–Crippen MR) is 132 cm³/mol. The van der Waals surface area contributed by atoms with Crippen LogP contribution in [0.4, 0.5) is 0 Å². The highest BCUT2D eigenvalue weighted by Crippen LogP contribution is 2.32. The lowest BCUT2D eigenvalue weighted by molar-refractivity contribution is -0.138. The minimum Gasteiger partial charge on any atom is -0.464 e. The Bertz CT molecular complexity index is 1320. The third-order valence-electron chi connectivity index (χ3n) is 7.38. The van der Waals surface area contributed by atoms with Crippen molar-refractivity contribution in [2.24, 2.45) is 10.9 Å². The standard InChI is InChI=1S/C27H28N4O4/c1-17(32)25(33)30-10-8-18(13-30)14-31-24(29-27(26(31)34)15-28-16-27)20-4-2-19(3-5-20)21-6-7-23-22(12-21)9-11-35-23/h2-7,9,11-12,17-18,28,32H,8,10,13-16H2,1H3/t17?,18-/m1/s1. The summed E-state index contributed by atoms with van der Waals surface area (Å²) in [5.74, 6) is 0.628.